The maximum atomic E-state index is 12.1. The summed E-state index contributed by atoms with van der Waals surface area (Å²) in [5.41, 5.74) is 0.652. The number of sulfonamides is 1. The van der Waals surface area contributed by atoms with Crippen LogP contribution in [0.2, 0.25) is 0 Å². The lowest BCUT2D eigenvalue weighted by Crippen LogP contribution is -2.28. The molecular weight excluding hydrogens is 290 g/mol. The molecule has 118 valence electrons. The Bertz CT molecular complexity index is 558. The zero-order valence-electron chi connectivity index (χ0n) is 12.5. The normalized spacial score (nSPS) is 11.1. The third-order valence-corrected chi connectivity index (χ3v) is 4.28. The Hall–Kier alpha value is -1.60. The zero-order valence-corrected chi connectivity index (χ0v) is 13.3. The Morgan fingerprint density at radius 2 is 1.90 bits per heavy atom. The second kappa shape index (κ2) is 8.63. The van der Waals surface area contributed by atoms with Crippen molar-refractivity contribution >= 4 is 21.6 Å². The Morgan fingerprint density at radius 3 is 2.57 bits per heavy atom. The van der Waals surface area contributed by atoms with Crippen LogP contribution in [0.5, 0.6) is 0 Å². The van der Waals surface area contributed by atoms with E-state index >= 15 is 0 Å². The number of hydrogen-bond donors (Lipinski definition) is 3. The average Bonchev–Trinajstić information content (AvgIpc) is 2.43. The molecule has 0 bridgehead atoms. The molecule has 0 saturated heterocycles. The monoisotopic (exact) mass is 313 g/mol. The van der Waals surface area contributed by atoms with E-state index in [0.717, 1.165) is 13.0 Å². The molecule has 0 fully saturated rings. The molecule has 0 atom stereocenters. The molecule has 0 unspecified atom stereocenters. The molecule has 0 spiro atoms. The second-order valence-corrected chi connectivity index (χ2v) is 6.52. The molecule has 3 N–H and O–H groups in total. The molecule has 21 heavy (non-hydrogen) atoms. The smallest absolute Gasteiger partial charge is 0.253 e. The van der Waals surface area contributed by atoms with Gasteiger partial charge < -0.3 is 10.6 Å². The maximum Gasteiger partial charge on any atom is 0.253 e. The highest BCUT2D eigenvalue weighted by Crippen LogP contribution is 2.16. The van der Waals surface area contributed by atoms with Crippen LogP contribution in [-0.2, 0) is 10.0 Å². The van der Waals surface area contributed by atoms with Gasteiger partial charge in [0.25, 0.3) is 5.91 Å². The number of amides is 1. The number of hydrogen-bond acceptors (Lipinski definition) is 4. The van der Waals surface area contributed by atoms with Crippen LogP contribution in [0.3, 0.4) is 0 Å². The van der Waals surface area contributed by atoms with Crippen molar-refractivity contribution in [2.75, 3.05) is 30.6 Å². The van der Waals surface area contributed by atoms with Crippen molar-refractivity contribution in [3.8, 4) is 0 Å². The van der Waals surface area contributed by atoms with Gasteiger partial charge in [-0.25, -0.2) is 8.42 Å². The van der Waals surface area contributed by atoms with Crippen LogP contribution in [0.4, 0.5) is 5.69 Å². The van der Waals surface area contributed by atoms with E-state index in [1.165, 1.54) is 0 Å². The summed E-state index contributed by atoms with van der Waals surface area (Å²) < 4.78 is 26.1. The largest absolute Gasteiger partial charge is 0.352 e. The van der Waals surface area contributed by atoms with Gasteiger partial charge in [0, 0.05) is 6.54 Å². The first-order valence-electron chi connectivity index (χ1n) is 7.02. The molecular formula is C14H23N3O3S. The number of carbonyl (C=O) groups is 1. The van der Waals surface area contributed by atoms with Gasteiger partial charge in [0.15, 0.2) is 0 Å². The third kappa shape index (κ3) is 6.14. The minimum absolute atomic E-state index is 0.0329. The van der Waals surface area contributed by atoms with E-state index in [1.807, 2.05) is 7.05 Å². The molecule has 1 aromatic carbocycles. The van der Waals surface area contributed by atoms with Gasteiger partial charge in [-0.1, -0.05) is 19.1 Å². The molecule has 0 aliphatic heterocycles. The predicted molar refractivity (Wildman–Crippen MR) is 85.0 cm³/mol. The first-order valence-corrected chi connectivity index (χ1v) is 8.67. The number of rotatable bonds is 9. The van der Waals surface area contributed by atoms with E-state index in [2.05, 4.69) is 15.4 Å². The molecule has 0 aliphatic carbocycles. The molecule has 0 heterocycles. The summed E-state index contributed by atoms with van der Waals surface area (Å²) in [6.45, 7) is 3.14. The fourth-order valence-corrected chi connectivity index (χ4v) is 2.97. The van der Waals surface area contributed by atoms with Crippen molar-refractivity contribution < 1.29 is 13.2 Å². The highest BCUT2D eigenvalue weighted by Gasteiger charge is 2.15. The summed E-state index contributed by atoms with van der Waals surface area (Å²) in [5, 5.41) is 5.77. The van der Waals surface area contributed by atoms with Gasteiger partial charge in [-0.3, -0.25) is 9.52 Å². The lowest BCUT2D eigenvalue weighted by atomic mass is 10.1. The quantitative estimate of drug-likeness (QED) is 0.597. The lowest BCUT2D eigenvalue weighted by molar-refractivity contribution is 0.0954. The summed E-state index contributed by atoms with van der Waals surface area (Å²) >= 11 is 0. The molecule has 0 aliphatic rings. The number of benzene rings is 1. The summed E-state index contributed by atoms with van der Waals surface area (Å²) in [5.74, 6) is -0.244. The van der Waals surface area contributed by atoms with Crippen molar-refractivity contribution in [2.45, 2.75) is 19.8 Å². The fourth-order valence-electron chi connectivity index (χ4n) is 1.82. The van der Waals surface area contributed by atoms with Crippen molar-refractivity contribution in [3.63, 3.8) is 0 Å². The standard InChI is InChI=1S/C14H23N3O3S/c1-3-11-21(19,20)17-13-8-5-4-7-12(13)14(18)16-10-6-9-15-2/h4-5,7-8,15,17H,3,6,9-11H2,1-2H3,(H,16,18). The van der Waals surface area contributed by atoms with E-state index in [9.17, 15) is 13.2 Å². The Balaban J connectivity index is 2.77. The molecule has 1 aromatic rings. The summed E-state index contributed by atoms with van der Waals surface area (Å²) in [4.78, 5) is 12.1. The lowest BCUT2D eigenvalue weighted by Gasteiger charge is -2.12. The molecule has 7 heteroatoms. The third-order valence-electron chi connectivity index (χ3n) is 2.80. The zero-order chi connectivity index (χ0) is 15.7. The summed E-state index contributed by atoms with van der Waals surface area (Å²) in [6.07, 6.45) is 1.33. The first-order chi connectivity index (χ1) is 10.00. The van der Waals surface area contributed by atoms with Gasteiger partial charge in [-0.05, 0) is 38.6 Å². The Labute approximate surface area is 126 Å². The molecule has 0 saturated carbocycles. The van der Waals surface area contributed by atoms with Gasteiger partial charge >= 0.3 is 0 Å². The molecule has 1 rings (SSSR count). The number of anilines is 1. The van der Waals surface area contributed by atoms with Crippen LogP contribution < -0.4 is 15.4 Å². The van der Waals surface area contributed by atoms with E-state index < -0.39 is 10.0 Å². The Kier molecular flexibility index (Phi) is 7.18. The van der Waals surface area contributed by atoms with Crippen molar-refractivity contribution in [1.82, 2.24) is 10.6 Å². The van der Waals surface area contributed by atoms with Crippen LogP contribution >= 0.6 is 0 Å². The van der Waals surface area contributed by atoms with Gasteiger partial charge in [0.1, 0.15) is 0 Å². The number of carbonyl (C=O) groups excluding carboxylic acids is 1. The van der Waals surface area contributed by atoms with Crippen molar-refractivity contribution in [1.29, 1.82) is 0 Å². The number of para-hydroxylation sites is 1. The van der Waals surface area contributed by atoms with Crippen LogP contribution in [-0.4, -0.2) is 40.2 Å². The first kappa shape index (κ1) is 17.5. The van der Waals surface area contributed by atoms with Crippen LogP contribution in [0.1, 0.15) is 30.1 Å². The fraction of sp³-hybridized carbons (Fsp3) is 0.500. The highest BCUT2D eigenvalue weighted by molar-refractivity contribution is 7.92. The van der Waals surface area contributed by atoms with E-state index in [4.69, 9.17) is 0 Å². The predicted octanol–water partition coefficient (Wildman–Crippen LogP) is 1.18. The molecule has 6 nitrogen and oxygen atoms in total. The topological polar surface area (TPSA) is 87.3 Å². The maximum absolute atomic E-state index is 12.1. The summed E-state index contributed by atoms with van der Waals surface area (Å²) in [6, 6.07) is 6.61. The minimum atomic E-state index is -3.41. The highest BCUT2D eigenvalue weighted by atomic mass is 32.2. The molecule has 0 aromatic heterocycles. The van der Waals surface area contributed by atoms with Crippen LogP contribution in [0.25, 0.3) is 0 Å². The van der Waals surface area contributed by atoms with E-state index in [0.29, 0.717) is 24.2 Å². The van der Waals surface area contributed by atoms with E-state index in [-0.39, 0.29) is 11.7 Å². The minimum Gasteiger partial charge on any atom is -0.352 e. The van der Waals surface area contributed by atoms with Gasteiger partial charge in [0.2, 0.25) is 10.0 Å². The average molecular weight is 313 g/mol. The molecule has 1 amide bonds. The summed E-state index contributed by atoms with van der Waals surface area (Å²) in [7, 11) is -1.56. The van der Waals surface area contributed by atoms with Gasteiger partial charge in [0.05, 0.1) is 17.0 Å². The molecule has 0 radical (unpaired) electrons. The van der Waals surface area contributed by atoms with Gasteiger partial charge in [-0.15, -0.1) is 0 Å². The Morgan fingerprint density at radius 1 is 1.19 bits per heavy atom. The SMILES string of the molecule is CCCS(=O)(=O)Nc1ccccc1C(=O)NCCCNC. The van der Waals surface area contributed by atoms with E-state index in [1.54, 1.807) is 31.2 Å². The second-order valence-electron chi connectivity index (χ2n) is 4.68. The van der Waals surface area contributed by atoms with Crippen LogP contribution in [0.15, 0.2) is 24.3 Å². The number of nitrogens with one attached hydrogen (secondary N) is 3. The van der Waals surface area contributed by atoms with Crippen LogP contribution in [0, 0.1) is 0 Å². The van der Waals surface area contributed by atoms with Gasteiger partial charge in [-0.2, -0.15) is 0 Å². The van der Waals surface area contributed by atoms with Crippen molar-refractivity contribution in [2.24, 2.45) is 0 Å². The van der Waals surface area contributed by atoms with Crippen molar-refractivity contribution in [3.05, 3.63) is 29.8 Å².